The average Bonchev–Trinajstić information content (AvgIpc) is 3.11. The Hall–Kier alpha value is -1.36. The van der Waals surface area contributed by atoms with Crippen LogP contribution in [0, 0.1) is 5.92 Å². The van der Waals surface area contributed by atoms with Crippen molar-refractivity contribution >= 4 is 0 Å². The molecule has 1 atom stereocenters. The van der Waals surface area contributed by atoms with Crippen molar-refractivity contribution in [3.05, 3.63) is 33.1 Å². The molecule has 94 valence electrons. The SMILES string of the molecule is CC(CNC1CC1)Cn1ccn(C)c(=O)c1=O. The van der Waals surface area contributed by atoms with Crippen LogP contribution in [0.5, 0.6) is 0 Å². The van der Waals surface area contributed by atoms with Gasteiger partial charge in [-0.3, -0.25) is 9.59 Å². The fraction of sp³-hybridized carbons (Fsp3) is 0.667. The summed E-state index contributed by atoms with van der Waals surface area (Å²) in [6.07, 6.45) is 5.83. The molecule has 1 unspecified atom stereocenters. The third-order valence-electron chi connectivity index (χ3n) is 3.08. The van der Waals surface area contributed by atoms with Gasteiger partial charge in [-0.15, -0.1) is 0 Å². The minimum Gasteiger partial charge on any atom is -0.314 e. The molecule has 2 rings (SSSR count). The van der Waals surface area contributed by atoms with Gasteiger partial charge in [0.15, 0.2) is 0 Å². The number of hydrogen-bond donors (Lipinski definition) is 1. The Kier molecular flexibility index (Phi) is 3.47. The van der Waals surface area contributed by atoms with E-state index in [0.717, 1.165) is 6.54 Å². The molecule has 1 N–H and O–H groups in total. The standard InChI is InChI=1S/C12H19N3O2/c1-9(7-13-10-3-4-10)8-15-6-5-14(2)11(16)12(15)17/h5-6,9-10,13H,3-4,7-8H2,1-2H3. The van der Waals surface area contributed by atoms with Gasteiger partial charge in [0.2, 0.25) is 0 Å². The normalized spacial score (nSPS) is 17.1. The van der Waals surface area contributed by atoms with E-state index in [1.165, 1.54) is 22.0 Å². The number of aryl methyl sites for hydroxylation is 1. The van der Waals surface area contributed by atoms with Crippen LogP contribution in [0.3, 0.4) is 0 Å². The van der Waals surface area contributed by atoms with Crippen molar-refractivity contribution in [2.45, 2.75) is 32.4 Å². The zero-order valence-electron chi connectivity index (χ0n) is 10.3. The lowest BCUT2D eigenvalue weighted by Gasteiger charge is -2.14. The Bertz CT molecular complexity index is 499. The summed E-state index contributed by atoms with van der Waals surface area (Å²) >= 11 is 0. The molecule has 1 aliphatic carbocycles. The largest absolute Gasteiger partial charge is 0.316 e. The van der Waals surface area contributed by atoms with Crippen LogP contribution in [0.2, 0.25) is 0 Å². The van der Waals surface area contributed by atoms with Gasteiger partial charge in [-0.05, 0) is 25.3 Å². The third kappa shape index (κ3) is 3.06. The molecule has 5 nitrogen and oxygen atoms in total. The maximum atomic E-state index is 11.7. The van der Waals surface area contributed by atoms with Crippen LogP contribution in [0.25, 0.3) is 0 Å². The van der Waals surface area contributed by atoms with E-state index in [1.54, 1.807) is 19.4 Å². The Morgan fingerprint density at radius 1 is 1.35 bits per heavy atom. The van der Waals surface area contributed by atoms with Gasteiger partial charge in [0.1, 0.15) is 0 Å². The summed E-state index contributed by atoms with van der Waals surface area (Å²) in [5.41, 5.74) is -0.900. The van der Waals surface area contributed by atoms with Gasteiger partial charge < -0.3 is 14.5 Å². The van der Waals surface area contributed by atoms with Crippen molar-refractivity contribution in [1.82, 2.24) is 14.5 Å². The summed E-state index contributed by atoms with van der Waals surface area (Å²) < 4.78 is 2.81. The van der Waals surface area contributed by atoms with Gasteiger partial charge in [0.25, 0.3) is 0 Å². The van der Waals surface area contributed by atoms with E-state index in [0.29, 0.717) is 18.5 Å². The van der Waals surface area contributed by atoms with E-state index in [-0.39, 0.29) is 0 Å². The van der Waals surface area contributed by atoms with Crippen molar-refractivity contribution in [3.8, 4) is 0 Å². The van der Waals surface area contributed by atoms with Crippen LogP contribution < -0.4 is 16.4 Å². The average molecular weight is 237 g/mol. The Morgan fingerprint density at radius 3 is 2.71 bits per heavy atom. The Labute approximate surface area is 100 Å². The molecule has 0 radical (unpaired) electrons. The quantitative estimate of drug-likeness (QED) is 0.730. The van der Waals surface area contributed by atoms with E-state index in [1.807, 2.05) is 0 Å². The summed E-state index contributed by atoms with van der Waals surface area (Å²) in [4.78, 5) is 23.1. The second-order valence-corrected chi connectivity index (χ2v) is 4.96. The van der Waals surface area contributed by atoms with Gasteiger partial charge in [0.05, 0.1) is 0 Å². The molecular weight excluding hydrogens is 218 g/mol. The topological polar surface area (TPSA) is 56.0 Å². The van der Waals surface area contributed by atoms with Gasteiger partial charge >= 0.3 is 11.1 Å². The lowest BCUT2D eigenvalue weighted by Crippen LogP contribution is -2.41. The second-order valence-electron chi connectivity index (χ2n) is 4.96. The molecule has 1 fully saturated rings. The number of rotatable bonds is 5. The fourth-order valence-corrected chi connectivity index (χ4v) is 1.79. The molecule has 1 aromatic heterocycles. The van der Waals surface area contributed by atoms with Crippen LogP contribution in [0.4, 0.5) is 0 Å². The first kappa shape index (κ1) is 12.1. The van der Waals surface area contributed by atoms with Crippen LogP contribution in [0.15, 0.2) is 22.0 Å². The molecule has 1 heterocycles. The zero-order valence-corrected chi connectivity index (χ0v) is 10.3. The van der Waals surface area contributed by atoms with Gasteiger partial charge in [-0.1, -0.05) is 6.92 Å². The third-order valence-corrected chi connectivity index (χ3v) is 3.08. The van der Waals surface area contributed by atoms with Crippen molar-refractivity contribution in [3.63, 3.8) is 0 Å². The van der Waals surface area contributed by atoms with Gasteiger partial charge in [0, 0.05) is 32.0 Å². The summed E-state index contributed by atoms with van der Waals surface area (Å²) in [5.74, 6) is 0.348. The first-order chi connectivity index (χ1) is 8.08. The molecule has 1 aromatic rings. The highest BCUT2D eigenvalue weighted by atomic mass is 16.2. The highest BCUT2D eigenvalue weighted by Gasteiger charge is 2.20. The molecule has 0 aliphatic heterocycles. The van der Waals surface area contributed by atoms with E-state index >= 15 is 0 Å². The van der Waals surface area contributed by atoms with Crippen LogP contribution in [-0.4, -0.2) is 21.7 Å². The molecule has 0 bridgehead atoms. The van der Waals surface area contributed by atoms with Crippen LogP contribution in [-0.2, 0) is 13.6 Å². The lowest BCUT2D eigenvalue weighted by atomic mass is 10.2. The molecule has 0 aromatic carbocycles. The molecule has 0 amide bonds. The van der Waals surface area contributed by atoms with Gasteiger partial charge in [-0.2, -0.15) is 0 Å². The van der Waals surface area contributed by atoms with Crippen molar-refractivity contribution in [1.29, 1.82) is 0 Å². The highest BCUT2D eigenvalue weighted by molar-refractivity contribution is 4.86. The minimum absolute atomic E-state index is 0.348. The van der Waals surface area contributed by atoms with Crippen LogP contribution >= 0.6 is 0 Å². The number of nitrogens with zero attached hydrogens (tertiary/aromatic N) is 2. The molecule has 0 saturated heterocycles. The number of hydrogen-bond acceptors (Lipinski definition) is 3. The molecule has 0 spiro atoms. The maximum Gasteiger partial charge on any atom is 0.316 e. The highest BCUT2D eigenvalue weighted by Crippen LogP contribution is 2.18. The summed E-state index contributed by atoms with van der Waals surface area (Å²) in [7, 11) is 1.59. The predicted octanol–water partition coefficient (Wildman–Crippen LogP) is -0.0649. The van der Waals surface area contributed by atoms with Crippen LogP contribution in [0.1, 0.15) is 19.8 Å². The van der Waals surface area contributed by atoms with Crippen molar-refractivity contribution < 1.29 is 0 Å². The molecule has 1 aliphatic rings. The predicted molar refractivity (Wildman–Crippen MR) is 66.1 cm³/mol. The molecule has 5 heteroatoms. The minimum atomic E-state index is -0.463. The van der Waals surface area contributed by atoms with Crippen molar-refractivity contribution in [2.24, 2.45) is 13.0 Å². The van der Waals surface area contributed by atoms with Crippen molar-refractivity contribution in [2.75, 3.05) is 6.54 Å². The lowest BCUT2D eigenvalue weighted by molar-refractivity contribution is 0.433. The van der Waals surface area contributed by atoms with E-state index in [9.17, 15) is 9.59 Å². The maximum absolute atomic E-state index is 11.7. The molecule has 1 saturated carbocycles. The van der Waals surface area contributed by atoms with E-state index in [2.05, 4.69) is 12.2 Å². The zero-order chi connectivity index (χ0) is 12.4. The van der Waals surface area contributed by atoms with E-state index < -0.39 is 11.1 Å². The summed E-state index contributed by atoms with van der Waals surface area (Å²) in [6, 6.07) is 0.679. The smallest absolute Gasteiger partial charge is 0.314 e. The summed E-state index contributed by atoms with van der Waals surface area (Å²) in [6.45, 7) is 3.57. The Morgan fingerprint density at radius 2 is 2.06 bits per heavy atom. The molecule has 17 heavy (non-hydrogen) atoms. The summed E-state index contributed by atoms with van der Waals surface area (Å²) in [5, 5.41) is 3.42. The van der Waals surface area contributed by atoms with Gasteiger partial charge in [-0.25, -0.2) is 0 Å². The number of aromatic nitrogens is 2. The first-order valence-corrected chi connectivity index (χ1v) is 6.07. The fourth-order valence-electron chi connectivity index (χ4n) is 1.79. The second kappa shape index (κ2) is 4.87. The first-order valence-electron chi connectivity index (χ1n) is 6.07. The Balaban J connectivity index is 1.99. The molecular formula is C12H19N3O2. The van der Waals surface area contributed by atoms with E-state index in [4.69, 9.17) is 0 Å². The monoisotopic (exact) mass is 237 g/mol. The number of nitrogens with one attached hydrogen (secondary N) is 1.